The normalized spacial score (nSPS) is 15.5. The van der Waals surface area contributed by atoms with Crippen molar-refractivity contribution in [3.63, 3.8) is 0 Å². The summed E-state index contributed by atoms with van der Waals surface area (Å²) in [7, 11) is 0.940. The number of hydrogen-bond donors (Lipinski definition) is 2. The summed E-state index contributed by atoms with van der Waals surface area (Å²) in [6.07, 6.45) is 43.3. The van der Waals surface area contributed by atoms with Crippen molar-refractivity contribution in [2.75, 3.05) is 47.5 Å². The van der Waals surface area contributed by atoms with Crippen molar-refractivity contribution >= 4 is 19.8 Å². The molecule has 12 heteroatoms. The minimum Gasteiger partial charge on any atom is -0.756 e. The first-order valence-corrected chi connectivity index (χ1v) is 23.6. The molecule has 3 unspecified atom stereocenters. The van der Waals surface area contributed by atoms with Gasteiger partial charge in [-0.25, -0.2) is 0 Å². The fourth-order valence-corrected chi connectivity index (χ4v) is 5.93. The van der Waals surface area contributed by atoms with Gasteiger partial charge in [-0.1, -0.05) is 124 Å². The molecule has 0 rings (SSSR count). The second kappa shape index (κ2) is 38.7. The summed E-state index contributed by atoms with van der Waals surface area (Å²) in [6.45, 7) is 3.64. The molecule has 0 saturated carbocycles. The molecule has 0 heterocycles. The fourth-order valence-electron chi connectivity index (χ4n) is 5.20. The van der Waals surface area contributed by atoms with Crippen molar-refractivity contribution in [3.8, 4) is 0 Å². The Morgan fingerprint density at radius 2 is 1.12 bits per heavy atom. The summed E-state index contributed by atoms with van der Waals surface area (Å²) >= 11 is 0. The topological polar surface area (TPSA) is 152 Å². The van der Waals surface area contributed by atoms with Crippen LogP contribution in [0.15, 0.2) is 97.2 Å². The maximum atomic E-state index is 12.7. The summed E-state index contributed by atoms with van der Waals surface area (Å²) in [5, 5.41) is 20.8. The van der Waals surface area contributed by atoms with E-state index in [0.717, 1.165) is 51.4 Å². The number of aliphatic hydroxyl groups is 2. The first-order valence-electron chi connectivity index (χ1n) is 22.1. The number of allylic oxidation sites excluding steroid dienone is 15. The predicted molar refractivity (Wildman–Crippen MR) is 243 cm³/mol. The summed E-state index contributed by atoms with van der Waals surface area (Å²) in [4.78, 5) is 37.6. The smallest absolute Gasteiger partial charge is 0.306 e. The van der Waals surface area contributed by atoms with E-state index >= 15 is 0 Å². The molecule has 0 aromatic heterocycles. The van der Waals surface area contributed by atoms with Crippen LogP contribution in [0.5, 0.6) is 0 Å². The van der Waals surface area contributed by atoms with E-state index in [4.69, 9.17) is 18.5 Å². The van der Waals surface area contributed by atoms with Crippen molar-refractivity contribution in [2.24, 2.45) is 0 Å². The van der Waals surface area contributed by atoms with E-state index in [0.29, 0.717) is 23.9 Å². The van der Waals surface area contributed by atoms with Crippen LogP contribution in [0.2, 0.25) is 0 Å². The number of aliphatic hydroxyl groups excluding tert-OH is 2. The number of likely N-dealkylation sites (N-methyl/N-ethyl adjacent to an activating group) is 1. The van der Waals surface area contributed by atoms with Crippen molar-refractivity contribution in [3.05, 3.63) is 97.2 Å². The number of unbranched alkanes of at least 4 members (excludes halogenated alkanes) is 4. The SMILES string of the molecule is CC/C=C\C/C=C\C/C=C\C/C=C\C/C=C\CCCC(=O)OC[C@H](COP(=O)([O-])OCC[N+](C)(C)C)OC(=O)CCCC(O)C(O)C/C=C\C/C=C\C/C=C\CCCCC. The number of hydrogen-bond acceptors (Lipinski definition) is 10. The highest BCUT2D eigenvalue weighted by Gasteiger charge is 2.22. The number of quaternary nitrogens is 1. The number of phosphoric ester groups is 1. The first-order chi connectivity index (χ1) is 28.8. The third-order valence-electron chi connectivity index (χ3n) is 8.79. The fraction of sp³-hybridized carbons (Fsp3) is 0.625. The van der Waals surface area contributed by atoms with Crippen LogP contribution in [0.25, 0.3) is 0 Å². The molecule has 60 heavy (non-hydrogen) atoms. The minimum absolute atomic E-state index is 0.0975. The van der Waals surface area contributed by atoms with Gasteiger partial charge in [-0.15, -0.1) is 0 Å². The third kappa shape index (κ3) is 40.3. The second-order valence-electron chi connectivity index (χ2n) is 15.6. The van der Waals surface area contributed by atoms with Crippen LogP contribution in [0.3, 0.4) is 0 Å². The maximum Gasteiger partial charge on any atom is 0.306 e. The Hall–Kier alpha value is -3.15. The molecule has 0 aliphatic rings. The molecule has 0 fully saturated rings. The average Bonchev–Trinajstić information content (AvgIpc) is 3.19. The van der Waals surface area contributed by atoms with Crippen molar-refractivity contribution in [1.29, 1.82) is 0 Å². The van der Waals surface area contributed by atoms with Crippen LogP contribution in [-0.4, -0.2) is 92.5 Å². The molecule has 11 nitrogen and oxygen atoms in total. The molecule has 0 aromatic rings. The van der Waals surface area contributed by atoms with Gasteiger partial charge in [-0.2, -0.15) is 0 Å². The van der Waals surface area contributed by atoms with E-state index in [1.165, 1.54) is 19.3 Å². The van der Waals surface area contributed by atoms with E-state index in [9.17, 15) is 29.3 Å². The van der Waals surface area contributed by atoms with E-state index in [1.54, 1.807) is 0 Å². The van der Waals surface area contributed by atoms with Crippen LogP contribution < -0.4 is 4.89 Å². The summed E-state index contributed by atoms with van der Waals surface area (Å²) in [5.41, 5.74) is 0. The van der Waals surface area contributed by atoms with E-state index in [-0.39, 0.29) is 38.7 Å². The largest absolute Gasteiger partial charge is 0.756 e. The molecule has 0 aliphatic carbocycles. The zero-order chi connectivity index (χ0) is 44.6. The quantitative estimate of drug-likeness (QED) is 0.0202. The molecule has 0 saturated heterocycles. The van der Waals surface area contributed by atoms with Gasteiger partial charge in [-0.05, 0) is 89.9 Å². The maximum absolute atomic E-state index is 12.7. The zero-order valence-corrected chi connectivity index (χ0v) is 38.5. The van der Waals surface area contributed by atoms with Crippen LogP contribution in [0.4, 0.5) is 0 Å². The van der Waals surface area contributed by atoms with Crippen molar-refractivity contribution in [1.82, 2.24) is 0 Å². The molecule has 342 valence electrons. The molecule has 0 aromatic carbocycles. The molecule has 0 aliphatic heterocycles. The van der Waals surface area contributed by atoms with E-state index in [2.05, 4.69) is 86.8 Å². The van der Waals surface area contributed by atoms with Gasteiger partial charge in [0.15, 0.2) is 6.10 Å². The van der Waals surface area contributed by atoms with Gasteiger partial charge in [0.25, 0.3) is 7.82 Å². The summed E-state index contributed by atoms with van der Waals surface area (Å²) < 4.78 is 33.6. The third-order valence-corrected chi connectivity index (χ3v) is 9.75. The lowest BCUT2D eigenvalue weighted by Gasteiger charge is -2.28. The highest BCUT2D eigenvalue weighted by molar-refractivity contribution is 7.45. The van der Waals surface area contributed by atoms with Gasteiger partial charge >= 0.3 is 11.9 Å². The number of nitrogens with zero attached hydrogens (tertiary/aromatic N) is 1. The Balaban J connectivity index is 4.72. The number of rotatable bonds is 38. The van der Waals surface area contributed by atoms with Gasteiger partial charge in [0.2, 0.25) is 0 Å². The van der Waals surface area contributed by atoms with E-state index in [1.807, 2.05) is 45.4 Å². The second-order valence-corrected chi connectivity index (χ2v) is 17.0. The monoisotopic (exact) mass is 862 g/mol. The van der Waals surface area contributed by atoms with Crippen molar-refractivity contribution in [2.45, 2.75) is 148 Å². The predicted octanol–water partition coefficient (Wildman–Crippen LogP) is 9.88. The van der Waals surface area contributed by atoms with Crippen LogP contribution in [0.1, 0.15) is 129 Å². The lowest BCUT2D eigenvalue weighted by atomic mass is 10.0. The Kier molecular flexibility index (Phi) is 36.7. The zero-order valence-electron chi connectivity index (χ0n) is 37.6. The number of carbonyl (C=O) groups is 2. The summed E-state index contributed by atoms with van der Waals surface area (Å²) in [6, 6.07) is 0. The van der Waals surface area contributed by atoms with Crippen molar-refractivity contribution < 1.29 is 52.3 Å². The number of ether oxygens (including phenoxy) is 2. The Morgan fingerprint density at radius 1 is 0.617 bits per heavy atom. The molecule has 4 atom stereocenters. The average molecular weight is 862 g/mol. The lowest BCUT2D eigenvalue weighted by Crippen LogP contribution is -2.37. The summed E-state index contributed by atoms with van der Waals surface area (Å²) in [5.74, 6) is -1.20. The molecule has 0 spiro atoms. The number of phosphoric acid groups is 1. The van der Waals surface area contributed by atoms with Gasteiger partial charge in [-0.3, -0.25) is 14.2 Å². The molecular formula is C48H80NO10P. The van der Waals surface area contributed by atoms with Crippen LogP contribution in [0, 0.1) is 0 Å². The Labute approximate surface area is 363 Å². The van der Waals surface area contributed by atoms with Gasteiger partial charge in [0.05, 0.1) is 40.0 Å². The van der Waals surface area contributed by atoms with Crippen LogP contribution in [-0.2, 0) is 32.7 Å². The van der Waals surface area contributed by atoms with E-state index < -0.39 is 51.3 Å². The van der Waals surface area contributed by atoms with Gasteiger partial charge in [0.1, 0.15) is 19.8 Å². The lowest BCUT2D eigenvalue weighted by molar-refractivity contribution is -0.870. The van der Waals surface area contributed by atoms with Crippen LogP contribution >= 0.6 is 7.82 Å². The van der Waals surface area contributed by atoms with Gasteiger partial charge < -0.3 is 38.1 Å². The first kappa shape index (κ1) is 56.9. The highest BCUT2D eigenvalue weighted by atomic mass is 31.2. The minimum atomic E-state index is -4.73. The Morgan fingerprint density at radius 3 is 1.65 bits per heavy atom. The standard InChI is InChI=1S/C48H80NO10P/c1-6-8-10-12-14-16-18-20-21-22-23-24-26-28-30-32-34-38-47(52)56-42-44(43-58-60(54,55)57-41-40-49(3,4)5)59-48(53)39-35-37-46(51)45(50)36-33-31-29-27-25-19-17-15-13-11-9-7-2/h8,10,14-17,20-21,23-25,27-28,30-31,33,44-46,50-51H,6-7,9,11-13,18-19,22,26,29,32,34-43H2,1-5H3/b10-8-,16-14-,17-15-,21-20-,24-23-,27-25-,30-28-,33-31-/t44-,45?,46?/m1/s1. The number of esters is 2. The van der Waals surface area contributed by atoms with Gasteiger partial charge in [0, 0.05) is 12.8 Å². The number of carbonyl (C=O) groups excluding carboxylic acids is 2. The molecule has 0 radical (unpaired) electrons. The molecule has 0 amide bonds. The molecule has 0 bridgehead atoms. The Bertz CT molecular complexity index is 1380. The molecule has 2 N–H and O–H groups in total. The highest BCUT2D eigenvalue weighted by Crippen LogP contribution is 2.38. The molecular weight excluding hydrogens is 781 g/mol.